The maximum atomic E-state index is 9.55. The number of nitrogens with zero attached hydrogens (tertiary/aromatic N) is 2. The van der Waals surface area contributed by atoms with Gasteiger partial charge in [0.15, 0.2) is 0 Å². The van der Waals surface area contributed by atoms with Crippen LogP contribution in [0, 0.1) is 0 Å². The van der Waals surface area contributed by atoms with E-state index < -0.39 is 11.9 Å². The molecule has 0 saturated carbocycles. The first kappa shape index (κ1) is 19.9. The molecule has 0 fully saturated rings. The topological polar surface area (TPSA) is 128 Å². The Labute approximate surface area is 155 Å². The number of ether oxygens (including phenoxy) is 1. The smallest absolute Gasteiger partial charge is 0.328 e. The van der Waals surface area contributed by atoms with Gasteiger partial charge in [0.2, 0.25) is 0 Å². The quantitative estimate of drug-likeness (QED) is 0.587. The second kappa shape index (κ2) is 8.81. The molecular weight excluding hydrogens is 350 g/mol. The van der Waals surface area contributed by atoms with Gasteiger partial charge < -0.3 is 20.7 Å². The minimum Gasteiger partial charge on any atom is -0.497 e. The maximum absolute atomic E-state index is 9.55. The molecule has 1 heterocycles. The number of hydrogen-bond donors (Lipinski definition) is 3. The molecule has 3 rings (SSSR count). The molecule has 0 aliphatic heterocycles. The Bertz CT molecular complexity index is 976. The van der Waals surface area contributed by atoms with E-state index in [1.807, 2.05) is 23.9 Å². The number of benzene rings is 2. The van der Waals surface area contributed by atoms with Gasteiger partial charge in [0.05, 0.1) is 25.4 Å². The molecule has 0 aliphatic carbocycles. The van der Waals surface area contributed by atoms with Crippen molar-refractivity contribution in [3.63, 3.8) is 0 Å². The third kappa shape index (κ3) is 5.29. The highest BCUT2D eigenvalue weighted by atomic mass is 16.5. The van der Waals surface area contributed by atoms with Crippen LogP contribution in [0.4, 0.5) is 0 Å². The summed E-state index contributed by atoms with van der Waals surface area (Å²) in [7, 11) is 1.68. The fourth-order valence-corrected chi connectivity index (χ4v) is 2.56. The first-order valence-electron chi connectivity index (χ1n) is 8.13. The molecule has 0 saturated heterocycles. The summed E-state index contributed by atoms with van der Waals surface area (Å²) in [6.45, 7) is 2.69. The average molecular weight is 371 g/mol. The molecule has 3 aromatic rings. The lowest BCUT2D eigenvalue weighted by Gasteiger charge is -2.09. The minimum absolute atomic E-state index is 0.0731. The van der Waals surface area contributed by atoms with E-state index in [1.165, 1.54) is 5.39 Å². The Balaban J connectivity index is 0.000000279. The Hall–Kier alpha value is -3.39. The van der Waals surface area contributed by atoms with Crippen molar-refractivity contribution in [1.82, 2.24) is 9.78 Å². The highest BCUT2D eigenvalue weighted by Crippen LogP contribution is 2.28. The van der Waals surface area contributed by atoms with Crippen LogP contribution in [0.1, 0.15) is 6.92 Å². The fourth-order valence-electron chi connectivity index (χ4n) is 2.56. The lowest BCUT2D eigenvalue weighted by Crippen LogP contribution is -2.22. The number of carboxylic acid groups (broad SMARTS) is 2. The van der Waals surface area contributed by atoms with Gasteiger partial charge in [0.1, 0.15) is 5.75 Å². The summed E-state index contributed by atoms with van der Waals surface area (Å²) in [6.07, 6.45) is 3.00. The Morgan fingerprint density at radius 2 is 1.78 bits per heavy atom. The summed E-state index contributed by atoms with van der Waals surface area (Å²) in [5.74, 6) is -1.66. The van der Waals surface area contributed by atoms with E-state index in [-0.39, 0.29) is 6.04 Å². The third-order valence-corrected chi connectivity index (χ3v) is 3.66. The summed E-state index contributed by atoms with van der Waals surface area (Å²) in [5.41, 5.74) is 7.01. The van der Waals surface area contributed by atoms with E-state index in [1.54, 1.807) is 7.11 Å². The summed E-state index contributed by atoms with van der Waals surface area (Å²) < 4.78 is 7.29. The molecule has 142 valence electrons. The predicted molar refractivity (Wildman–Crippen MR) is 102 cm³/mol. The normalized spacial score (nSPS) is 12.0. The lowest BCUT2D eigenvalue weighted by atomic mass is 10.1. The first-order valence-corrected chi connectivity index (χ1v) is 8.13. The van der Waals surface area contributed by atoms with Crippen LogP contribution in [0.15, 0.2) is 48.7 Å². The van der Waals surface area contributed by atoms with Crippen molar-refractivity contribution in [3.05, 3.63) is 48.7 Å². The molecule has 0 bridgehead atoms. The zero-order chi connectivity index (χ0) is 20.0. The van der Waals surface area contributed by atoms with Crippen LogP contribution < -0.4 is 10.5 Å². The van der Waals surface area contributed by atoms with E-state index in [2.05, 4.69) is 29.4 Å². The molecule has 0 amide bonds. The molecule has 0 spiro atoms. The van der Waals surface area contributed by atoms with Gasteiger partial charge in [-0.1, -0.05) is 18.2 Å². The average Bonchev–Trinajstić information content (AvgIpc) is 3.02. The number of nitrogens with two attached hydrogens (primary N) is 1. The van der Waals surface area contributed by atoms with Crippen molar-refractivity contribution in [2.24, 2.45) is 5.73 Å². The van der Waals surface area contributed by atoms with Gasteiger partial charge in [-0.25, -0.2) is 9.59 Å². The second-order valence-corrected chi connectivity index (χ2v) is 5.90. The summed E-state index contributed by atoms with van der Waals surface area (Å²) in [5, 5.41) is 23.5. The number of aromatic nitrogens is 2. The van der Waals surface area contributed by atoms with Gasteiger partial charge in [0, 0.05) is 29.0 Å². The van der Waals surface area contributed by atoms with Crippen LogP contribution in [0.3, 0.4) is 0 Å². The number of rotatable bonds is 5. The Morgan fingerprint density at radius 3 is 2.33 bits per heavy atom. The van der Waals surface area contributed by atoms with Gasteiger partial charge in [-0.05, 0) is 24.4 Å². The van der Waals surface area contributed by atoms with E-state index in [0.717, 1.165) is 22.0 Å². The Kier molecular flexibility index (Phi) is 6.51. The summed E-state index contributed by atoms with van der Waals surface area (Å²) in [6, 6.07) is 10.4. The number of hydrogen-bond acceptors (Lipinski definition) is 5. The van der Waals surface area contributed by atoms with Gasteiger partial charge >= 0.3 is 11.9 Å². The molecule has 4 N–H and O–H groups in total. The maximum Gasteiger partial charge on any atom is 0.328 e. The molecule has 27 heavy (non-hydrogen) atoms. The largest absolute Gasteiger partial charge is 0.497 e. The van der Waals surface area contributed by atoms with Gasteiger partial charge in [-0.15, -0.1) is 0 Å². The summed E-state index contributed by atoms with van der Waals surface area (Å²) >= 11 is 0. The monoisotopic (exact) mass is 371 g/mol. The van der Waals surface area contributed by atoms with Gasteiger partial charge in [0.25, 0.3) is 0 Å². The molecule has 8 heteroatoms. The van der Waals surface area contributed by atoms with Crippen molar-refractivity contribution in [3.8, 4) is 5.75 Å². The molecule has 0 aliphatic rings. The van der Waals surface area contributed by atoms with E-state index >= 15 is 0 Å². The predicted octanol–water partition coefficient (Wildman–Crippen LogP) is 2.26. The van der Waals surface area contributed by atoms with E-state index in [0.29, 0.717) is 18.7 Å². The van der Waals surface area contributed by atoms with Crippen molar-refractivity contribution in [1.29, 1.82) is 0 Å². The highest BCUT2D eigenvalue weighted by molar-refractivity contribution is 6.05. The van der Waals surface area contributed by atoms with Crippen LogP contribution in [0.25, 0.3) is 21.7 Å². The van der Waals surface area contributed by atoms with Crippen molar-refractivity contribution in [2.75, 3.05) is 7.11 Å². The van der Waals surface area contributed by atoms with E-state index in [9.17, 15) is 9.59 Å². The van der Waals surface area contributed by atoms with Crippen molar-refractivity contribution in [2.45, 2.75) is 19.5 Å². The number of carbonyl (C=O) groups is 2. The van der Waals surface area contributed by atoms with Crippen LogP contribution in [0.5, 0.6) is 5.75 Å². The first-order chi connectivity index (χ1) is 12.8. The SMILES string of the molecule is COc1ccc2ccc3cnn(CC(C)N)c3c2c1.O=C(O)/C=C/C(=O)O. The third-order valence-electron chi connectivity index (χ3n) is 3.66. The number of carboxylic acids is 2. The van der Waals surface area contributed by atoms with E-state index in [4.69, 9.17) is 20.7 Å². The van der Waals surface area contributed by atoms with Crippen molar-refractivity contribution < 1.29 is 24.5 Å². The standard InChI is InChI=1S/C15H17N3O.C4H4O4/c1-10(16)9-18-15-12(8-17-18)4-3-11-5-6-13(19-2)7-14(11)15;5-3(6)1-2-4(7)8/h3-8,10H,9,16H2,1-2H3;1-2H,(H,5,6)(H,7,8)/b;2-1+. The van der Waals surface area contributed by atoms with Gasteiger partial charge in [-0.2, -0.15) is 5.10 Å². The van der Waals surface area contributed by atoms with Crippen LogP contribution in [-0.2, 0) is 16.1 Å². The zero-order valence-electron chi connectivity index (χ0n) is 15.0. The molecule has 2 aromatic carbocycles. The summed E-state index contributed by atoms with van der Waals surface area (Å²) in [4.78, 5) is 19.1. The number of fused-ring (bicyclic) bond motifs is 3. The van der Waals surface area contributed by atoms with Crippen molar-refractivity contribution >= 4 is 33.6 Å². The van der Waals surface area contributed by atoms with Crippen LogP contribution in [0.2, 0.25) is 0 Å². The second-order valence-electron chi connectivity index (χ2n) is 5.90. The highest BCUT2D eigenvalue weighted by Gasteiger charge is 2.09. The lowest BCUT2D eigenvalue weighted by molar-refractivity contribution is -0.134. The van der Waals surface area contributed by atoms with Crippen LogP contribution >= 0.6 is 0 Å². The molecule has 8 nitrogen and oxygen atoms in total. The molecule has 1 atom stereocenters. The minimum atomic E-state index is -1.26. The molecular formula is C19H21N3O5. The number of aliphatic carboxylic acids is 2. The molecule has 0 radical (unpaired) electrons. The fraction of sp³-hybridized carbons (Fsp3) is 0.211. The van der Waals surface area contributed by atoms with Gasteiger partial charge in [-0.3, -0.25) is 4.68 Å². The van der Waals surface area contributed by atoms with Crippen LogP contribution in [-0.4, -0.2) is 45.1 Å². The Morgan fingerprint density at radius 1 is 1.19 bits per heavy atom. The molecule has 1 unspecified atom stereocenters. The zero-order valence-corrected chi connectivity index (χ0v) is 15.0. The number of methoxy groups -OCH3 is 1. The molecule has 1 aromatic heterocycles.